The standard InChI is InChI=1S/C16H22ClN3O4S/c1-16(7-8-25(23,24)11-16)19-15(22)10-20(2)9-14(21)18-13-5-3-12(17)4-6-13/h3-6H,7-11H2,1-2H3,(H,18,21)(H,19,22)/t16-/m1/s1. The van der Waals surface area contributed by atoms with Crippen molar-refractivity contribution in [3.05, 3.63) is 29.3 Å². The number of hydrogen-bond acceptors (Lipinski definition) is 5. The molecule has 1 atom stereocenters. The summed E-state index contributed by atoms with van der Waals surface area (Å²) >= 11 is 5.79. The zero-order chi connectivity index (χ0) is 18.7. The van der Waals surface area contributed by atoms with E-state index in [0.717, 1.165) is 0 Å². The molecule has 1 fully saturated rings. The molecule has 25 heavy (non-hydrogen) atoms. The second-order valence-electron chi connectivity index (χ2n) is 6.68. The van der Waals surface area contributed by atoms with Gasteiger partial charge in [0.05, 0.1) is 30.1 Å². The van der Waals surface area contributed by atoms with Crippen LogP contribution in [0.15, 0.2) is 24.3 Å². The van der Waals surface area contributed by atoms with Gasteiger partial charge in [-0.3, -0.25) is 14.5 Å². The molecule has 2 N–H and O–H groups in total. The monoisotopic (exact) mass is 387 g/mol. The zero-order valence-corrected chi connectivity index (χ0v) is 15.8. The second-order valence-corrected chi connectivity index (χ2v) is 9.30. The first-order valence-corrected chi connectivity index (χ1v) is 10.0. The van der Waals surface area contributed by atoms with Crippen molar-refractivity contribution in [2.75, 3.05) is 37.0 Å². The molecule has 0 aliphatic carbocycles. The predicted octanol–water partition coefficient (Wildman–Crippen LogP) is 0.904. The Balaban J connectivity index is 1.79. The Hall–Kier alpha value is -1.64. The molecule has 7 nitrogen and oxygen atoms in total. The van der Waals surface area contributed by atoms with Crippen LogP contribution in [0.2, 0.25) is 5.02 Å². The lowest BCUT2D eigenvalue weighted by Gasteiger charge is -2.25. The van der Waals surface area contributed by atoms with Gasteiger partial charge in [0.2, 0.25) is 11.8 Å². The van der Waals surface area contributed by atoms with Gasteiger partial charge < -0.3 is 10.6 Å². The summed E-state index contributed by atoms with van der Waals surface area (Å²) in [6.45, 7) is 1.76. The van der Waals surface area contributed by atoms with Crippen LogP contribution < -0.4 is 10.6 Å². The number of rotatable bonds is 6. The number of nitrogens with one attached hydrogen (secondary N) is 2. The molecule has 1 aromatic carbocycles. The average molecular weight is 388 g/mol. The number of anilines is 1. The minimum Gasteiger partial charge on any atom is -0.349 e. The maximum absolute atomic E-state index is 12.1. The highest BCUT2D eigenvalue weighted by Gasteiger charge is 2.39. The van der Waals surface area contributed by atoms with Crippen molar-refractivity contribution in [1.29, 1.82) is 0 Å². The summed E-state index contributed by atoms with van der Waals surface area (Å²) in [6.07, 6.45) is 0.405. The molecule has 138 valence electrons. The van der Waals surface area contributed by atoms with Crippen LogP contribution in [0.4, 0.5) is 5.69 Å². The fraction of sp³-hybridized carbons (Fsp3) is 0.500. The molecule has 9 heteroatoms. The van der Waals surface area contributed by atoms with Crippen LogP contribution in [-0.4, -0.2) is 62.3 Å². The number of likely N-dealkylation sites (N-methyl/N-ethyl adjacent to an activating group) is 1. The van der Waals surface area contributed by atoms with Gasteiger partial charge in [-0.25, -0.2) is 8.42 Å². The highest BCUT2D eigenvalue weighted by Crippen LogP contribution is 2.22. The third-order valence-electron chi connectivity index (χ3n) is 3.90. The molecule has 0 radical (unpaired) electrons. The first-order valence-electron chi connectivity index (χ1n) is 7.82. The fourth-order valence-corrected chi connectivity index (χ4v) is 4.98. The minimum atomic E-state index is -3.09. The van der Waals surface area contributed by atoms with Gasteiger partial charge >= 0.3 is 0 Å². The van der Waals surface area contributed by atoms with Crippen molar-refractivity contribution in [2.45, 2.75) is 18.9 Å². The van der Waals surface area contributed by atoms with E-state index in [-0.39, 0.29) is 36.4 Å². The Morgan fingerprint density at radius 2 is 1.80 bits per heavy atom. The first kappa shape index (κ1) is 19.7. The largest absolute Gasteiger partial charge is 0.349 e. The van der Waals surface area contributed by atoms with Gasteiger partial charge in [0.1, 0.15) is 0 Å². The molecule has 1 aliphatic heterocycles. The Kier molecular flexibility index (Phi) is 6.08. The van der Waals surface area contributed by atoms with Crippen molar-refractivity contribution in [3.63, 3.8) is 0 Å². The van der Waals surface area contributed by atoms with E-state index in [0.29, 0.717) is 17.1 Å². The van der Waals surface area contributed by atoms with Crippen molar-refractivity contribution < 1.29 is 18.0 Å². The summed E-state index contributed by atoms with van der Waals surface area (Å²) in [5, 5.41) is 6.06. The molecule has 1 saturated heterocycles. The smallest absolute Gasteiger partial charge is 0.238 e. The third kappa shape index (κ3) is 6.30. The van der Waals surface area contributed by atoms with E-state index in [1.807, 2.05) is 0 Å². The molecular formula is C16H22ClN3O4S. The lowest BCUT2D eigenvalue weighted by atomic mass is 10.0. The van der Waals surface area contributed by atoms with Gasteiger partial charge in [-0.05, 0) is 44.7 Å². The topological polar surface area (TPSA) is 95.6 Å². The van der Waals surface area contributed by atoms with Crippen LogP contribution in [0.5, 0.6) is 0 Å². The summed E-state index contributed by atoms with van der Waals surface area (Å²) in [5.74, 6) is -0.524. The number of hydrogen-bond donors (Lipinski definition) is 2. The Morgan fingerprint density at radius 1 is 1.20 bits per heavy atom. The molecule has 1 aromatic rings. The fourth-order valence-electron chi connectivity index (χ4n) is 2.77. The van der Waals surface area contributed by atoms with Gasteiger partial charge in [0, 0.05) is 10.7 Å². The van der Waals surface area contributed by atoms with Crippen molar-refractivity contribution in [1.82, 2.24) is 10.2 Å². The molecular weight excluding hydrogens is 366 g/mol. The molecule has 0 unspecified atom stereocenters. The predicted molar refractivity (Wildman–Crippen MR) is 97.4 cm³/mol. The molecule has 0 spiro atoms. The molecule has 2 amide bonds. The minimum absolute atomic E-state index is 0.00365. The SMILES string of the molecule is CN(CC(=O)Nc1ccc(Cl)cc1)CC(=O)N[C@]1(C)CCS(=O)(=O)C1. The number of halogens is 1. The van der Waals surface area contributed by atoms with Crippen LogP contribution in [-0.2, 0) is 19.4 Å². The quantitative estimate of drug-likeness (QED) is 0.756. The van der Waals surface area contributed by atoms with E-state index < -0.39 is 15.4 Å². The maximum atomic E-state index is 12.1. The lowest BCUT2D eigenvalue weighted by molar-refractivity contribution is -0.124. The summed E-state index contributed by atoms with van der Waals surface area (Å²) in [4.78, 5) is 25.7. The van der Waals surface area contributed by atoms with E-state index in [1.165, 1.54) is 0 Å². The highest BCUT2D eigenvalue weighted by atomic mass is 35.5. The summed E-state index contributed by atoms with van der Waals surface area (Å²) in [7, 11) is -1.44. The van der Waals surface area contributed by atoms with Gasteiger partial charge in [-0.1, -0.05) is 11.6 Å². The molecule has 1 aliphatic rings. The Labute approximate surface area is 152 Å². The van der Waals surface area contributed by atoms with Crippen LogP contribution in [0.3, 0.4) is 0 Å². The van der Waals surface area contributed by atoms with E-state index in [1.54, 1.807) is 43.1 Å². The van der Waals surface area contributed by atoms with Crippen molar-refractivity contribution in [3.8, 4) is 0 Å². The molecule has 0 saturated carbocycles. The number of amides is 2. The van der Waals surface area contributed by atoms with Gasteiger partial charge in [-0.2, -0.15) is 0 Å². The number of benzene rings is 1. The van der Waals surface area contributed by atoms with Gasteiger partial charge in [0.25, 0.3) is 0 Å². The van der Waals surface area contributed by atoms with E-state index >= 15 is 0 Å². The Morgan fingerprint density at radius 3 is 2.36 bits per heavy atom. The van der Waals surface area contributed by atoms with Crippen molar-refractivity contribution in [2.24, 2.45) is 0 Å². The third-order valence-corrected chi connectivity index (χ3v) is 6.05. The molecule has 0 bridgehead atoms. The number of nitrogens with zero attached hydrogens (tertiary/aromatic N) is 1. The summed E-state index contributed by atoms with van der Waals surface area (Å²) in [6, 6.07) is 6.72. The molecule has 1 heterocycles. The van der Waals surface area contributed by atoms with Crippen LogP contribution in [0, 0.1) is 0 Å². The second kappa shape index (κ2) is 7.72. The summed E-state index contributed by atoms with van der Waals surface area (Å²) < 4.78 is 23.1. The van der Waals surface area contributed by atoms with E-state index in [2.05, 4.69) is 10.6 Å². The zero-order valence-electron chi connectivity index (χ0n) is 14.2. The normalized spacial score (nSPS) is 21.9. The Bertz CT molecular complexity index is 751. The van der Waals surface area contributed by atoms with Gasteiger partial charge in [0.15, 0.2) is 9.84 Å². The highest BCUT2D eigenvalue weighted by molar-refractivity contribution is 7.91. The lowest BCUT2D eigenvalue weighted by Crippen LogP contribution is -2.50. The maximum Gasteiger partial charge on any atom is 0.238 e. The molecule has 0 aromatic heterocycles. The number of carbonyl (C=O) groups is 2. The first-order chi connectivity index (χ1) is 11.6. The van der Waals surface area contributed by atoms with E-state index in [9.17, 15) is 18.0 Å². The molecule has 2 rings (SSSR count). The van der Waals surface area contributed by atoms with Crippen molar-refractivity contribution >= 4 is 38.9 Å². The summed E-state index contributed by atoms with van der Waals surface area (Å²) in [5.41, 5.74) is -0.113. The number of carbonyl (C=O) groups excluding carboxylic acids is 2. The number of sulfone groups is 1. The average Bonchev–Trinajstić information content (AvgIpc) is 2.74. The van der Waals surface area contributed by atoms with Gasteiger partial charge in [-0.15, -0.1) is 0 Å². The van der Waals surface area contributed by atoms with Crippen LogP contribution >= 0.6 is 11.6 Å². The van der Waals surface area contributed by atoms with Crippen LogP contribution in [0.25, 0.3) is 0 Å². The van der Waals surface area contributed by atoms with Crippen LogP contribution in [0.1, 0.15) is 13.3 Å². The van der Waals surface area contributed by atoms with E-state index in [4.69, 9.17) is 11.6 Å².